The third-order valence-corrected chi connectivity index (χ3v) is 3.34. The molecule has 0 heterocycles. The van der Waals surface area contributed by atoms with Gasteiger partial charge in [-0.25, -0.2) is 0 Å². The van der Waals surface area contributed by atoms with E-state index in [2.05, 4.69) is 20.7 Å². The molecule has 0 atom stereocenters. The number of benzene rings is 2. The number of para-hydroxylation sites is 1. The summed E-state index contributed by atoms with van der Waals surface area (Å²) in [5, 5.41) is 0.135. The van der Waals surface area contributed by atoms with Crippen LogP contribution in [-0.2, 0) is 0 Å². The van der Waals surface area contributed by atoms with E-state index in [4.69, 9.17) is 11.6 Å². The topological polar surface area (TPSA) is 26.3 Å². The Labute approximate surface area is 131 Å². The van der Waals surface area contributed by atoms with Gasteiger partial charge in [-0.3, -0.25) is 4.79 Å². The maximum absolute atomic E-state index is 12.4. The SMILES string of the molecule is O=C(c1ccc(Br)cc1Cl)c1ccccc1OC(F)(F)F. The Morgan fingerprint density at radius 3 is 2.38 bits per heavy atom. The molecule has 0 fully saturated rings. The summed E-state index contributed by atoms with van der Waals surface area (Å²) in [5.74, 6) is -1.21. The van der Waals surface area contributed by atoms with Crippen LogP contribution in [0, 0.1) is 0 Å². The van der Waals surface area contributed by atoms with E-state index in [1.165, 1.54) is 30.3 Å². The zero-order valence-electron chi connectivity index (χ0n) is 10.2. The van der Waals surface area contributed by atoms with Gasteiger partial charge >= 0.3 is 6.36 Å². The molecule has 0 aromatic heterocycles. The Morgan fingerprint density at radius 2 is 1.76 bits per heavy atom. The Morgan fingerprint density at radius 1 is 1.10 bits per heavy atom. The fourth-order valence-corrected chi connectivity index (χ4v) is 2.45. The van der Waals surface area contributed by atoms with E-state index in [-0.39, 0.29) is 16.1 Å². The predicted molar refractivity (Wildman–Crippen MR) is 75.7 cm³/mol. The molecule has 2 nitrogen and oxygen atoms in total. The van der Waals surface area contributed by atoms with Crippen molar-refractivity contribution in [1.82, 2.24) is 0 Å². The largest absolute Gasteiger partial charge is 0.573 e. The Balaban J connectivity index is 2.44. The second kappa shape index (κ2) is 6.07. The maximum Gasteiger partial charge on any atom is 0.573 e. The molecule has 0 aliphatic heterocycles. The van der Waals surface area contributed by atoms with E-state index in [1.54, 1.807) is 6.07 Å². The van der Waals surface area contributed by atoms with Gasteiger partial charge in [-0.05, 0) is 30.3 Å². The predicted octanol–water partition coefficient (Wildman–Crippen LogP) is 5.23. The highest BCUT2D eigenvalue weighted by Gasteiger charge is 2.33. The van der Waals surface area contributed by atoms with Crippen LogP contribution in [0.4, 0.5) is 13.2 Å². The summed E-state index contributed by atoms with van der Waals surface area (Å²) in [6.07, 6.45) is -4.88. The van der Waals surface area contributed by atoms with E-state index in [0.717, 1.165) is 6.07 Å². The Kier molecular flexibility index (Phi) is 4.58. The van der Waals surface area contributed by atoms with Gasteiger partial charge in [-0.1, -0.05) is 39.7 Å². The molecule has 0 N–H and O–H groups in total. The van der Waals surface area contributed by atoms with Gasteiger partial charge in [0.1, 0.15) is 5.75 Å². The maximum atomic E-state index is 12.4. The smallest absolute Gasteiger partial charge is 0.405 e. The number of halogens is 5. The lowest BCUT2D eigenvalue weighted by molar-refractivity contribution is -0.274. The summed E-state index contributed by atoms with van der Waals surface area (Å²) in [4.78, 5) is 12.3. The number of hydrogen-bond acceptors (Lipinski definition) is 2. The van der Waals surface area contributed by atoms with Crippen molar-refractivity contribution in [1.29, 1.82) is 0 Å². The molecule has 0 bridgehead atoms. The molecule has 0 unspecified atom stereocenters. The monoisotopic (exact) mass is 378 g/mol. The third kappa shape index (κ3) is 3.98. The van der Waals surface area contributed by atoms with Crippen LogP contribution in [0.3, 0.4) is 0 Å². The molecule has 2 rings (SSSR count). The van der Waals surface area contributed by atoms with Crippen LogP contribution in [0.15, 0.2) is 46.9 Å². The van der Waals surface area contributed by atoms with Gasteiger partial charge in [0.15, 0.2) is 5.78 Å². The van der Waals surface area contributed by atoms with Crippen LogP contribution in [0.25, 0.3) is 0 Å². The van der Waals surface area contributed by atoms with Crippen LogP contribution in [0.2, 0.25) is 5.02 Å². The first-order valence-corrected chi connectivity index (χ1v) is 6.79. The van der Waals surface area contributed by atoms with Gasteiger partial charge in [-0.2, -0.15) is 0 Å². The molecular weight excluding hydrogens is 373 g/mol. The van der Waals surface area contributed by atoms with Crippen molar-refractivity contribution in [3.05, 3.63) is 63.1 Å². The zero-order chi connectivity index (χ0) is 15.6. The van der Waals surface area contributed by atoms with Gasteiger partial charge in [-0.15, -0.1) is 13.2 Å². The van der Waals surface area contributed by atoms with E-state index < -0.39 is 17.9 Å². The second-order valence-electron chi connectivity index (χ2n) is 4.00. The molecule has 110 valence electrons. The molecule has 0 aliphatic rings. The first-order chi connectivity index (χ1) is 9.78. The van der Waals surface area contributed by atoms with Crippen molar-refractivity contribution in [3.63, 3.8) is 0 Å². The fraction of sp³-hybridized carbons (Fsp3) is 0.0714. The molecule has 2 aromatic rings. The lowest BCUT2D eigenvalue weighted by Crippen LogP contribution is -2.19. The molecule has 2 aromatic carbocycles. The summed E-state index contributed by atoms with van der Waals surface area (Å²) in [6, 6.07) is 9.62. The summed E-state index contributed by atoms with van der Waals surface area (Å²) < 4.78 is 41.6. The second-order valence-corrected chi connectivity index (χ2v) is 5.32. The van der Waals surface area contributed by atoms with Crippen LogP contribution < -0.4 is 4.74 Å². The minimum atomic E-state index is -4.88. The van der Waals surface area contributed by atoms with Gasteiger partial charge in [0.05, 0.1) is 10.6 Å². The number of ether oxygens (including phenoxy) is 1. The first-order valence-electron chi connectivity index (χ1n) is 5.62. The lowest BCUT2D eigenvalue weighted by atomic mass is 10.0. The highest BCUT2D eigenvalue weighted by molar-refractivity contribution is 9.10. The van der Waals surface area contributed by atoms with Crippen molar-refractivity contribution in [2.24, 2.45) is 0 Å². The van der Waals surface area contributed by atoms with Crippen LogP contribution in [0.5, 0.6) is 5.75 Å². The number of ketones is 1. The average Bonchev–Trinajstić information content (AvgIpc) is 2.36. The molecule has 0 saturated heterocycles. The third-order valence-electron chi connectivity index (χ3n) is 2.53. The summed E-state index contributed by atoms with van der Waals surface area (Å²) in [6.45, 7) is 0. The van der Waals surface area contributed by atoms with Crippen LogP contribution in [0.1, 0.15) is 15.9 Å². The molecule has 0 saturated carbocycles. The molecule has 0 aliphatic carbocycles. The number of hydrogen-bond donors (Lipinski definition) is 0. The van der Waals surface area contributed by atoms with E-state index >= 15 is 0 Å². The van der Waals surface area contributed by atoms with E-state index in [0.29, 0.717) is 4.47 Å². The van der Waals surface area contributed by atoms with Gasteiger partial charge in [0.25, 0.3) is 0 Å². The van der Waals surface area contributed by atoms with Crippen molar-refractivity contribution >= 4 is 33.3 Å². The number of carbonyl (C=O) groups excluding carboxylic acids is 1. The summed E-state index contributed by atoms with van der Waals surface area (Å²) in [7, 11) is 0. The minimum Gasteiger partial charge on any atom is -0.405 e. The highest BCUT2D eigenvalue weighted by atomic mass is 79.9. The lowest BCUT2D eigenvalue weighted by Gasteiger charge is -2.13. The zero-order valence-corrected chi connectivity index (χ0v) is 12.6. The van der Waals surface area contributed by atoms with E-state index in [9.17, 15) is 18.0 Å². The molecule has 21 heavy (non-hydrogen) atoms. The normalized spacial score (nSPS) is 11.3. The molecule has 7 heteroatoms. The number of rotatable bonds is 3. The summed E-state index contributed by atoms with van der Waals surface area (Å²) in [5.41, 5.74) is -0.114. The van der Waals surface area contributed by atoms with Crippen LogP contribution >= 0.6 is 27.5 Å². The van der Waals surface area contributed by atoms with Crippen LogP contribution in [-0.4, -0.2) is 12.1 Å². The number of alkyl halides is 3. The average molecular weight is 380 g/mol. The minimum absolute atomic E-state index is 0.0955. The summed E-state index contributed by atoms with van der Waals surface area (Å²) >= 11 is 9.13. The van der Waals surface area contributed by atoms with Crippen molar-refractivity contribution in [2.45, 2.75) is 6.36 Å². The molecule has 0 spiro atoms. The van der Waals surface area contributed by atoms with Crippen molar-refractivity contribution in [3.8, 4) is 5.75 Å². The van der Waals surface area contributed by atoms with Gasteiger partial charge in [0, 0.05) is 10.0 Å². The molecular formula is C14H7BrClF3O2. The number of carbonyl (C=O) groups is 1. The highest BCUT2D eigenvalue weighted by Crippen LogP contribution is 2.30. The van der Waals surface area contributed by atoms with Gasteiger partial charge < -0.3 is 4.74 Å². The van der Waals surface area contributed by atoms with Crippen molar-refractivity contribution in [2.75, 3.05) is 0 Å². The standard InChI is InChI=1S/C14H7BrClF3O2/c15-8-5-6-9(11(16)7-8)13(20)10-3-1-2-4-12(10)21-14(17,18)19/h1-7H. The first kappa shape index (κ1) is 15.9. The molecule has 0 radical (unpaired) electrons. The Bertz CT molecular complexity index is 686. The quantitative estimate of drug-likeness (QED) is 0.683. The Hall–Kier alpha value is -1.53. The van der Waals surface area contributed by atoms with Gasteiger partial charge in [0.2, 0.25) is 0 Å². The molecule has 0 amide bonds. The van der Waals surface area contributed by atoms with Crippen molar-refractivity contribution < 1.29 is 22.7 Å². The fourth-order valence-electron chi connectivity index (χ4n) is 1.69. The van der Waals surface area contributed by atoms with E-state index in [1.807, 2.05) is 0 Å².